The van der Waals surface area contributed by atoms with Crippen LogP contribution in [0.1, 0.15) is 16.7 Å². The van der Waals surface area contributed by atoms with E-state index in [1.54, 1.807) is 37.2 Å². The summed E-state index contributed by atoms with van der Waals surface area (Å²) in [6.45, 7) is 1.14. The summed E-state index contributed by atoms with van der Waals surface area (Å²) in [5.41, 5.74) is 3.03. The molecule has 0 fully saturated rings. The SMILES string of the molecule is COc1cccc(Cn2nccc2NC(=O)/C=C/c2ccc3c(c2)CCO3)c1OC. The Hall–Kier alpha value is -3.74. The molecular formula is C23H23N3O4. The Morgan fingerprint density at radius 3 is 2.97 bits per heavy atom. The zero-order chi connectivity index (χ0) is 20.9. The van der Waals surface area contributed by atoms with Gasteiger partial charge in [0, 0.05) is 24.1 Å². The van der Waals surface area contributed by atoms with E-state index in [1.807, 2.05) is 36.4 Å². The van der Waals surface area contributed by atoms with Crippen molar-refractivity contribution in [3.8, 4) is 17.2 Å². The Kier molecular flexibility index (Phi) is 5.70. The van der Waals surface area contributed by atoms with Crippen LogP contribution in [-0.2, 0) is 17.8 Å². The number of ether oxygens (including phenoxy) is 3. The number of hydrogen-bond donors (Lipinski definition) is 1. The summed E-state index contributed by atoms with van der Waals surface area (Å²) < 4.78 is 18.1. The van der Waals surface area contributed by atoms with Crippen LogP contribution in [0.4, 0.5) is 5.82 Å². The summed E-state index contributed by atoms with van der Waals surface area (Å²) in [6, 6.07) is 13.3. The first-order chi connectivity index (χ1) is 14.7. The predicted octanol–water partition coefficient (Wildman–Crippen LogP) is 3.54. The van der Waals surface area contributed by atoms with Gasteiger partial charge in [0.05, 0.1) is 33.6 Å². The van der Waals surface area contributed by atoms with Crippen molar-refractivity contribution in [3.05, 3.63) is 71.4 Å². The van der Waals surface area contributed by atoms with Gasteiger partial charge in [0.25, 0.3) is 0 Å². The van der Waals surface area contributed by atoms with Gasteiger partial charge in [-0.2, -0.15) is 5.10 Å². The summed E-state index contributed by atoms with van der Waals surface area (Å²) in [7, 11) is 3.20. The Morgan fingerprint density at radius 1 is 1.23 bits per heavy atom. The maximum absolute atomic E-state index is 12.4. The van der Waals surface area contributed by atoms with Crippen LogP contribution in [0.15, 0.2) is 54.7 Å². The molecule has 0 aliphatic carbocycles. The van der Waals surface area contributed by atoms with E-state index in [1.165, 1.54) is 11.6 Å². The second-order valence-electron chi connectivity index (χ2n) is 6.81. The molecule has 1 aliphatic rings. The number of rotatable bonds is 7. The molecule has 0 unspecified atom stereocenters. The van der Waals surface area contributed by atoms with Crippen molar-refractivity contribution in [2.75, 3.05) is 26.1 Å². The molecule has 1 N–H and O–H groups in total. The van der Waals surface area contributed by atoms with Gasteiger partial charge in [0.2, 0.25) is 5.91 Å². The minimum absolute atomic E-state index is 0.230. The summed E-state index contributed by atoms with van der Waals surface area (Å²) in [5.74, 6) is 2.58. The average molecular weight is 405 g/mol. The van der Waals surface area contributed by atoms with Gasteiger partial charge in [-0.25, -0.2) is 4.68 Å². The van der Waals surface area contributed by atoms with Crippen LogP contribution in [0.2, 0.25) is 0 Å². The zero-order valence-electron chi connectivity index (χ0n) is 16.9. The van der Waals surface area contributed by atoms with E-state index in [-0.39, 0.29) is 5.91 Å². The lowest BCUT2D eigenvalue weighted by atomic mass is 10.1. The molecule has 0 atom stereocenters. The van der Waals surface area contributed by atoms with Crippen molar-refractivity contribution in [2.45, 2.75) is 13.0 Å². The van der Waals surface area contributed by atoms with Crippen molar-refractivity contribution < 1.29 is 19.0 Å². The summed E-state index contributed by atoms with van der Waals surface area (Å²) in [6.07, 6.45) is 5.85. The number of methoxy groups -OCH3 is 2. The molecule has 1 aromatic heterocycles. The lowest BCUT2D eigenvalue weighted by Crippen LogP contribution is -2.14. The highest BCUT2D eigenvalue weighted by Gasteiger charge is 2.13. The second-order valence-corrected chi connectivity index (χ2v) is 6.81. The second kappa shape index (κ2) is 8.73. The van der Waals surface area contributed by atoms with Crippen LogP contribution in [0, 0.1) is 0 Å². The number of hydrogen-bond acceptors (Lipinski definition) is 5. The molecule has 2 heterocycles. The monoisotopic (exact) mass is 405 g/mol. The van der Waals surface area contributed by atoms with E-state index in [4.69, 9.17) is 14.2 Å². The van der Waals surface area contributed by atoms with E-state index in [0.717, 1.165) is 23.3 Å². The van der Waals surface area contributed by atoms with E-state index in [0.29, 0.717) is 30.5 Å². The minimum atomic E-state index is -0.230. The van der Waals surface area contributed by atoms with Gasteiger partial charge in [0.1, 0.15) is 11.6 Å². The first-order valence-corrected chi connectivity index (χ1v) is 9.64. The van der Waals surface area contributed by atoms with Crippen LogP contribution in [0.5, 0.6) is 17.2 Å². The number of fused-ring (bicyclic) bond motifs is 1. The number of anilines is 1. The molecule has 1 amide bonds. The van der Waals surface area contributed by atoms with Crippen molar-refractivity contribution in [3.63, 3.8) is 0 Å². The van der Waals surface area contributed by atoms with E-state index < -0.39 is 0 Å². The Balaban J connectivity index is 1.45. The maximum Gasteiger partial charge on any atom is 0.249 e. The standard InChI is InChI=1S/C23H23N3O4/c1-28-20-5-3-4-18(23(20)29-2)15-26-21(10-12-24-26)25-22(27)9-7-16-6-8-19-17(14-16)11-13-30-19/h3-10,12,14H,11,13,15H2,1-2H3,(H,25,27)/b9-7+. The van der Waals surface area contributed by atoms with Crippen molar-refractivity contribution in [1.29, 1.82) is 0 Å². The minimum Gasteiger partial charge on any atom is -0.493 e. The largest absolute Gasteiger partial charge is 0.493 e. The molecule has 3 aromatic rings. The smallest absolute Gasteiger partial charge is 0.249 e. The lowest BCUT2D eigenvalue weighted by molar-refractivity contribution is -0.111. The number of carbonyl (C=O) groups is 1. The molecule has 2 aromatic carbocycles. The molecular weight excluding hydrogens is 382 g/mol. The van der Waals surface area contributed by atoms with Crippen LogP contribution in [0.3, 0.4) is 0 Å². The van der Waals surface area contributed by atoms with Gasteiger partial charge in [-0.05, 0) is 35.4 Å². The number of nitrogens with zero attached hydrogens (tertiary/aromatic N) is 2. The molecule has 0 bridgehead atoms. The third-order valence-corrected chi connectivity index (χ3v) is 4.91. The van der Waals surface area contributed by atoms with Crippen LogP contribution in [0.25, 0.3) is 6.08 Å². The van der Waals surface area contributed by atoms with E-state index >= 15 is 0 Å². The van der Waals surface area contributed by atoms with Crippen LogP contribution < -0.4 is 19.5 Å². The highest BCUT2D eigenvalue weighted by molar-refractivity contribution is 6.01. The fraction of sp³-hybridized carbons (Fsp3) is 0.217. The van der Waals surface area contributed by atoms with Crippen LogP contribution >= 0.6 is 0 Å². The number of nitrogens with one attached hydrogen (secondary N) is 1. The lowest BCUT2D eigenvalue weighted by Gasteiger charge is -2.14. The van der Waals surface area contributed by atoms with Gasteiger partial charge in [-0.3, -0.25) is 4.79 Å². The van der Waals surface area contributed by atoms with Gasteiger partial charge >= 0.3 is 0 Å². The fourth-order valence-electron chi connectivity index (χ4n) is 3.45. The molecule has 0 radical (unpaired) electrons. The zero-order valence-corrected chi connectivity index (χ0v) is 16.9. The quantitative estimate of drug-likeness (QED) is 0.609. The Labute approximate surface area is 174 Å². The normalized spacial score (nSPS) is 12.5. The predicted molar refractivity (Wildman–Crippen MR) is 114 cm³/mol. The highest BCUT2D eigenvalue weighted by Crippen LogP contribution is 2.31. The number of carbonyl (C=O) groups excluding carboxylic acids is 1. The number of benzene rings is 2. The average Bonchev–Trinajstić information content (AvgIpc) is 3.41. The van der Waals surface area contributed by atoms with Crippen LogP contribution in [-0.4, -0.2) is 36.5 Å². The first-order valence-electron chi connectivity index (χ1n) is 9.64. The maximum atomic E-state index is 12.4. The van der Waals surface area contributed by atoms with Crippen molar-refractivity contribution >= 4 is 17.8 Å². The third-order valence-electron chi connectivity index (χ3n) is 4.91. The van der Waals surface area contributed by atoms with Gasteiger partial charge in [-0.1, -0.05) is 18.2 Å². The van der Waals surface area contributed by atoms with Gasteiger partial charge in [0.15, 0.2) is 11.5 Å². The fourth-order valence-corrected chi connectivity index (χ4v) is 3.45. The first kappa shape index (κ1) is 19.6. The topological polar surface area (TPSA) is 74.6 Å². The molecule has 154 valence electrons. The molecule has 0 saturated heterocycles. The van der Waals surface area contributed by atoms with Crippen molar-refractivity contribution in [2.24, 2.45) is 0 Å². The van der Waals surface area contributed by atoms with E-state index in [9.17, 15) is 4.79 Å². The highest BCUT2D eigenvalue weighted by atomic mass is 16.5. The van der Waals surface area contributed by atoms with Crippen molar-refractivity contribution in [1.82, 2.24) is 9.78 Å². The third kappa shape index (κ3) is 4.15. The summed E-state index contributed by atoms with van der Waals surface area (Å²) in [5, 5.41) is 7.20. The molecule has 0 saturated carbocycles. The number of para-hydroxylation sites is 1. The number of aromatic nitrogens is 2. The number of amides is 1. The molecule has 4 rings (SSSR count). The van der Waals surface area contributed by atoms with E-state index in [2.05, 4.69) is 10.4 Å². The van der Waals surface area contributed by atoms with Gasteiger partial charge in [-0.15, -0.1) is 0 Å². The Bertz CT molecular complexity index is 1090. The van der Waals surface area contributed by atoms with Gasteiger partial charge < -0.3 is 19.5 Å². The molecule has 30 heavy (non-hydrogen) atoms. The summed E-state index contributed by atoms with van der Waals surface area (Å²) >= 11 is 0. The summed E-state index contributed by atoms with van der Waals surface area (Å²) in [4.78, 5) is 12.4. The molecule has 1 aliphatic heterocycles. The Morgan fingerprint density at radius 2 is 2.13 bits per heavy atom. The molecule has 7 heteroatoms. The molecule has 7 nitrogen and oxygen atoms in total. The molecule has 0 spiro atoms.